The fourth-order valence-corrected chi connectivity index (χ4v) is 3.60. The second-order valence-electron chi connectivity index (χ2n) is 7.13. The lowest BCUT2D eigenvalue weighted by Gasteiger charge is -2.28. The van der Waals surface area contributed by atoms with Gasteiger partial charge in [0.2, 0.25) is 0 Å². The zero-order valence-electron chi connectivity index (χ0n) is 19.6. The number of carbonyl (C=O) groups is 1. The van der Waals surface area contributed by atoms with Gasteiger partial charge in [0, 0.05) is 36.7 Å². The van der Waals surface area contributed by atoms with E-state index >= 15 is 0 Å². The molecule has 10 heteroatoms. The average molecular weight is 465 g/mol. The smallest absolute Gasteiger partial charge is 0.339 e. The lowest BCUT2D eigenvalue weighted by atomic mass is 10.1. The van der Waals surface area contributed by atoms with Gasteiger partial charge < -0.3 is 14.4 Å². The molecule has 0 saturated carbocycles. The van der Waals surface area contributed by atoms with E-state index in [-0.39, 0.29) is 17.2 Å². The predicted octanol–water partition coefficient (Wildman–Crippen LogP) is 2.62. The lowest BCUT2D eigenvalue weighted by molar-refractivity contribution is 0.0377. The van der Waals surface area contributed by atoms with E-state index in [0.29, 0.717) is 54.8 Å². The topological polar surface area (TPSA) is 103 Å². The van der Waals surface area contributed by atoms with Crippen molar-refractivity contribution in [1.82, 2.24) is 9.38 Å². The van der Waals surface area contributed by atoms with Crippen molar-refractivity contribution in [2.45, 2.75) is 47.6 Å². The van der Waals surface area contributed by atoms with E-state index in [1.807, 2.05) is 18.7 Å². The summed E-state index contributed by atoms with van der Waals surface area (Å²) >= 11 is 0. The van der Waals surface area contributed by atoms with Gasteiger partial charge in [-0.25, -0.2) is 14.0 Å². The zero-order chi connectivity index (χ0) is 23.8. The molecule has 32 heavy (non-hydrogen) atoms. The summed E-state index contributed by atoms with van der Waals surface area (Å²) < 4.78 is 28.2. The number of hydrogen-bond donors (Lipinski definition) is 0. The van der Waals surface area contributed by atoms with Crippen LogP contribution in [0.5, 0.6) is 0 Å². The Hall–Kier alpha value is -2.59. The molecule has 1 atom stereocenters. The standard InChI is InChI=1S/C20H26N4O5S.C2H6/c1-5-30(27)22-14(4)16-10-15(20(26)29-13(2)3)12-24-18(25)11-17(21-19(16)24)23-6-8-28-9-7-23;1-2/h10-13H,5-9H2,1-4H3;1-2H3/b22-14+;. The Morgan fingerprint density at radius 3 is 2.53 bits per heavy atom. The maximum atomic E-state index is 12.9. The minimum absolute atomic E-state index is 0.200. The summed E-state index contributed by atoms with van der Waals surface area (Å²) in [5.74, 6) is 0.338. The normalized spacial score (nSPS) is 15.3. The van der Waals surface area contributed by atoms with Gasteiger partial charge in [-0.05, 0) is 26.8 Å². The quantitative estimate of drug-likeness (QED) is 0.478. The molecule has 1 saturated heterocycles. The van der Waals surface area contributed by atoms with Crippen molar-refractivity contribution in [3.63, 3.8) is 0 Å². The lowest BCUT2D eigenvalue weighted by Crippen LogP contribution is -2.37. The molecule has 1 aliphatic heterocycles. The number of fused-ring (bicyclic) bond motifs is 1. The molecule has 0 aromatic carbocycles. The number of aromatic nitrogens is 2. The minimum atomic E-state index is -1.41. The van der Waals surface area contributed by atoms with Gasteiger partial charge in [0.1, 0.15) is 16.8 Å². The first kappa shape index (κ1) is 25.7. The Kier molecular flexibility index (Phi) is 9.52. The molecular formula is C22H32N4O5S. The van der Waals surface area contributed by atoms with E-state index < -0.39 is 17.0 Å². The third-order valence-electron chi connectivity index (χ3n) is 4.54. The van der Waals surface area contributed by atoms with Gasteiger partial charge in [-0.1, -0.05) is 20.8 Å². The summed E-state index contributed by atoms with van der Waals surface area (Å²) in [6.07, 6.45) is 1.11. The molecule has 0 spiro atoms. The van der Waals surface area contributed by atoms with Gasteiger partial charge in [-0.3, -0.25) is 9.20 Å². The molecule has 0 radical (unpaired) electrons. The molecule has 0 amide bonds. The van der Waals surface area contributed by atoms with Gasteiger partial charge in [-0.15, -0.1) is 0 Å². The Morgan fingerprint density at radius 2 is 1.94 bits per heavy atom. The predicted molar refractivity (Wildman–Crippen MR) is 127 cm³/mol. The number of morpholine rings is 1. The summed E-state index contributed by atoms with van der Waals surface area (Å²) in [5, 5.41) is 0. The van der Waals surface area contributed by atoms with Gasteiger partial charge in [-0.2, -0.15) is 4.40 Å². The monoisotopic (exact) mass is 464 g/mol. The molecule has 0 N–H and O–H groups in total. The summed E-state index contributed by atoms with van der Waals surface area (Å²) in [6, 6.07) is 3.03. The molecule has 2 aromatic rings. The molecule has 2 aromatic heterocycles. The molecular weight excluding hydrogens is 432 g/mol. The number of hydrogen-bond acceptors (Lipinski definition) is 7. The third kappa shape index (κ3) is 6.23. The van der Waals surface area contributed by atoms with E-state index in [4.69, 9.17) is 9.47 Å². The fraction of sp³-hybridized carbons (Fsp3) is 0.545. The first-order valence-electron chi connectivity index (χ1n) is 10.9. The molecule has 0 aliphatic carbocycles. The number of esters is 1. The van der Waals surface area contributed by atoms with Crippen LogP contribution in [0.25, 0.3) is 5.65 Å². The average Bonchev–Trinajstić information content (AvgIpc) is 2.79. The van der Waals surface area contributed by atoms with Crippen molar-refractivity contribution >= 4 is 34.1 Å². The molecule has 176 valence electrons. The van der Waals surface area contributed by atoms with Crippen LogP contribution in [0, 0.1) is 0 Å². The fourth-order valence-electron chi connectivity index (χ4n) is 3.07. The van der Waals surface area contributed by atoms with E-state index in [1.54, 1.807) is 33.8 Å². The minimum Gasteiger partial charge on any atom is -0.459 e. The third-order valence-corrected chi connectivity index (χ3v) is 5.51. The van der Waals surface area contributed by atoms with Crippen LogP contribution in [-0.4, -0.2) is 63.4 Å². The molecule has 0 bridgehead atoms. The van der Waals surface area contributed by atoms with Crippen molar-refractivity contribution in [2.75, 3.05) is 37.0 Å². The molecule has 3 rings (SSSR count). The second kappa shape index (κ2) is 11.9. The van der Waals surface area contributed by atoms with Crippen LogP contribution in [0.3, 0.4) is 0 Å². The van der Waals surface area contributed by atoms with Gasteiger partial charge in [0.05, 0.1) is 30.6 Å². The van der Waals surface area contributed by atoms with Crippen LogP contribution in [0.4, 0.5) is 5.82 Å². The van der Waals surface area contributed by atoms with Gasteiger partial charge in [0.25, 0.3) is 5.56 Å². The highest BCUT2D eigenvalue weighted by molar-refractivity contribution is 7.83. The molecule has 9 nitrogen and oxygen atoms in total. The number of anilines is 1. The van der Waals surface area contributed by atoms with Gasteiger partial charge in [0.15, 0.2) is 5.65 Å². The summed E-state index contributed by atoms with van der Waals surface area (Å²) in [6.45, 7) is 13.3. The zero-order valence-corrected chi connectivity index (χ0v) is 20.4. The van der Waals surface area contributed by atoms with Crippen molar-refractivity contribution in [3.05, 3.63) is 39.8 Å². The SMILES string of the molecule is CC.CCS(=O)/N=C(\C)c1cc(C(=O)OC(C)C)cn2c(=O)cc(N3CCOCC3)nc12. The number of rotatable bonds is 6. The molecule has 3 heterocycles. The number of carbonyl (C=O) groups excluding carboxylic acids is 1. The van der Waals surface area contributed by atoms with E-state index in [9.17, 15) is 13.8 Å². The van der Waals surface area contributed by atoms with Crippen molar-refractivity contribution in [2.24, 2.45) is 4.40 Å². The van der Waals surface area contributed by atoms with E-state index in [2.05, 4.69) is 9.38 Å². The summed E-state index contributed by atoms with van der Waals surface area (Å²) in [5.41, 5.74) is 1.11. The van der Waals surface area contributed by atoms with Crippen LogP contribution >= 0.6 is 0 Å². The number of nitrogens with zero attached hydrogens (tertiary/aromatic N) is 4. The Bertz CT molecular complexity index is 1060. The van der Waals surface area contributed by atoms with Crippen LogP contribution in [0.2, 0.25) is 0 Å². The van der Waals surface area contributed by atoms with Crippen LogP contribution in [0.15, 0.2) is 27.5 Å². The number of ether oxygens (including phenoxy) is 2. The Morgan fingerprint density at radius 1 is 1.28 bits per heavy atom. The highest BCUT2D eigenvalue weighted by atomic mass is 32.2. The van der Waals surface area contributed by atoms with Crippen LogP contribution in [0.1, 0.15) is 57.5 Å². The van der Waals surface area contributed by atoms with E-state index in [0.717, 1.165) is 0 Å². The molecule has 1 unspecified atom stereocenters. The maximum absolute atomic E-state index is 12.9. The largest absolute Gasteiger partial charge is 0.459 e. The van der Waals surface area contributed by atoms with Crippen molar-refractivity contribution in [1.29, 1.82) is 0 Å². The van der Waals surface area contributed by atoms with Crippen LogP contribution in [-0.2, 0) is 20.5 Å². The van der Waals surface area contributed by atoms with Gasteiger partial charge >= 0.3 is 5.97 Å². The molecule has 1 aliphatic rings. The highest BCUT2D eigenvalue weighted by Gasteiger charge is 2.20. The van der Waals surface area contributed by atoms with Crippen molar-refractivity contribution in [3.8, 4) is 0 Å². The van der Waals surface area contributed by atoms with Crippen molar-refractivity contribution < 1.29 is 18.5 Å². The van der Waals surface area contributed by atoms with Crippen LogP contribution < -0.4 is 10.5 Å². The highest BCUT2D eigenvalue weighted by Crippen LogP contribution is 2.18. The Balaban J connectivity index is 0.00000176. The molecule has 1 fully saturated rings. The first-order valence-corrected chi connectivity index (χ1v) is 12.1. The van der Waals surface area contributed by atoms with E-state index in [1.165, 1.54) is 16.7 Å². The summed E-state index contributed by atoms with van der Waals surface area (Å²) in [4.78, 5) is 32.1. The Labute approximate surface area is 191 Å². The number of pyridine rings is 1. The maximum Gasteiger partial charge on any atom is 0.339 e. The summed E-state index contributed by atoms with van der Waals surface area (Å²) in [7, 11) is -1.41. The first-order chi connectivity index (χ1) is 15.3. The second-order valence-corrected chi connectivity index (χ2v) is 8.53.